The molecule has 0 aliphatic rings. The maximum Gasteiger partial charge on any atom is 0.0705 e. The van der Waals surface area contributed by atoms with Crippen molar-refractivity contribution in [3.63, 3.8) is 0 Å². The summed E-state index contributed by atoms with van der Waals surface area (Å²) in [7, 11) is 0. The van der Waals surface area contributed by atoms with Gasteiger partial charge in [0, 0.05) is 17.8 Å². The van der Waals surface area contributed by atoms with Crippen molar-refractivity contribution in [1.82, 2.24) is 9.78 Å². The SMILES string of the molecule is CC(C)c1ccn(-c2cc(Cl)ccc2CN)n1. The van der Waals surface area contributed by atoms with Crippen LogP contribution >= 0.6 is 11.6 Å². The second-order valence-corrected chi connectivity index (χ2v) is 4.75. The molecule has 2 N–H and O–H groups in total. The Balaban J connectivity index is 2.47. The summed E-state index contributed by atoms with van der Waals surface area (Å²) in [6.07, 6.45) is 1.94. The van der Waals surface area contributed by atoms with Gasteiger partial charge in [-0.15, -0.1) is 0 Å². The van der Waals surface area contributed by atoms with Crippen LogP contribution in [0, 0.1) is 0 Å². The highest BCUT2D eigenvalue weighted by atomic mass is 35.5. The molecule has 2 aromatic rings. The van der Waals surface area contributed by atoms with Crippen LogP contribution in [0.15, 0.2) is 30.5 Å². The fraction of sp³-hybridized carbons (Fsp3) is 0.308. The van der Waals surface area contributed by atoms with Gasteiger partial charge in [-0.3, -0.25) is 0 Å². The minimum absolute atomic E-state index is 0.414. The lowest BCUT2D eigenvalue weighted by molar-refractivity contribution is 0.763. The van der Waals surface area contributed by atoms with Gasteiger partial charge in [0.05, 0.1) is 11.4 Å². The van der Waals surface area contributed by atoms with Gasteiger partial charge in [0.2, 0.25) is 0 Å². The average Bonchev–Trinajstić information content (AvgIpc) is 2.78. The Hall–Kier alpha value is -1.32. The zero-order valence-corrected chi connectivity index (χ0v) is 10.8. The largest absolute Gasteiger partial charge is 0.326 e. The van der Waals surface area contributed by atoms with E-state index in [0.29, 0.717) is 17.5 Å². The highest BCUT2D eigenvalue weighted by Crippen LogP contribution is 2.21. The van der Waals surface area contributed by atoms with Crippen LogP contribution in [0.5, 0.6) is 0 Å². The summed E-state index contributed by atoms with van der Waals surface area (Å²) in [4.78, 5) is 0. The third-order valence-corrected chi connectivity index (χ3v) is 2.95. The zero-order chi connectivity index (χ0) is 12.4. The van der Waals surface area contributed by atoms with Gasteiger partial charge in [-0.25, -0.2) is 4.68 Å². The second-order valence-electron chi connectivity index (χ2n) is 4.32. The van der Waals surface area contributed by atoms with Gasteiger partial charge >= 0.3 is 0 Å². The summed E-state index contributed by atoms with van der Waals surface area (Å²) in [5, 5.41) is 5.23. The van der Waals surface area contributed by atoms with Crippen LogP contribution in [0.2, 0.25) is 5.02 Å². The van der Waals surface area contributed by atoms with Crippen molar-refractivity contribution in [1.29, 1.82) is 0 Å². The van der Waals surface area contributed by atoms with Crippen LogP contribution in [0.1, 0.15) is 31.0 Å². The highest BCUT2D eigenvalue weighted by molar-refractivity contribution is 6.30. The Morgan fingerprint density at radius 2 is 2.12 bits per heavy atom. The molecule has 1 aromatic carbocycles. The molecule has 17 heavy (non-hydrogen) atoms. The van der Waals surface area contributed by atoms with Gasteiger partial charge in [0.1, 0.15) is 0 Å². The molecule has 0 aliphatic heterocycles. The van der Waals surface area contributed by atoms with E-state index < -0.39 is 0 Å². The average molecular weight is 250 g/mol. The van der Waals surface area contributed by atoms with Crippen LogP contribution < -0.4 is 5.73 Å². The van der Waals surface area contributed by atoms with Gasteiger partial charge in [0.15, 0.2) is 0 Å². The number of aromatic nitrogens is 2. The molecule has 0 fully saturated rings. The number of halogens is 1. The lowest BCUT2D eigenvalue weighted by Crippen LogP contribution is -2.05. The van der Waals surface area contributed by atoms with E-state index in [-0.39, 0.29) is 0 Å². The van der Waals surface area contributed by atoms with Gasteiger partial charge in [-0.1, -0.05) is 31.5 Å². The van der Waals surface area contributed by atoms with E-state index in [4.69, 9.17) is 17.3 Å². The molecule has 3 nitrogen and oxygen atoms in total. The van der Waals surface area contributed by atoms with E-state index in [2.05, 4.69) is 18.9 Å². The number of hydrogen-bond acceptors (Lipinski definition) is 2. The molecule has 0 spiro atoms. The molecule has 1 heterocycles. The maximum absolute atomic E-state index is 6.01. The Bertz CT molecular complexity index is 517. The molecule has 0 aliphatic carbocycles. The summed E-state index contributed by atoms with van der Waals surface area (Å²) in [5.74, 6) is 0.414. The van der Waals surface area contributed by atoms with Crippen molar-refractivity contribution in [3.8, 4) is 5.69 Å². The third kappa shape index (κ3) is 2.51. The molecule has 1 aromatic heterocycles. The Labute approximate surface area is 106 Å². The Morgan fingerprint density at radius 3 is 2.71 bits per heavy atom. The van der Waals surface area contributed by atoms with Gasteiger partial charge in [-0.05, 0) is 29.7 Å². The summed E-state index contributed by atoms with van der Waals surface area (Å²) >= 11 is 6.01. The number of hydrogen-bond donors (Lipinski definition) is 1. The van der Waals surface area contributed by atoms with Gasteiger partial charge in [0.25, 0.3) is 0 Å². The normalized spacial score (nSPS) is 11.1. The summed E-state index contributed by atoms with van der Waals surface area (Å²) in [6.45, 7) is 4.71. The van der Waals surface area contributed by atoms with Crippen molar-refractivity contribution >= 4 is 11.6 Å². The van der Waals surface area contributed by atoms with Gasteiger partial charge in [-0.2, -0.15) is 5.10 Å². The van der Waals surface area contributed by atoms with E-state index in [9.17, 15) is 0 Å². The molecular weight excluding hydrogens is 234 g/mol. The molecule has 2 rings (SSSR count). The molecule has 0 saturated carbocycles. The summed E-state index contributed by atoms with van der Waals surface area (Å²) in [5.41, 5.74) is 8.77. The van der Waals surface area contributed by atoms with Crippen molar-refractivity contribution in [2.45, 2.75) is 26.3 Å². The predicted octanol–water partition coefficient (Wildman–Crippen LogP) is 3.11. The van der Waals surface area contributed by atoms with Crippen molar-refractivity contribution in [3.05, 3.63) is 46.7 Å². The monoisotopic (exact) mass is 249 g/mol. The number of benzene rings is 1. The first-order valence-electron chi connectivity index (χ1n) is 5.66. The number of nitrogens with two attached hydrogens (primary N) is 1. The molecule has 4 heteroatoms. The Morgan fingerprint density at radius 1 is 1.35 bits per heavy atom. The molecule has 90 valence electrons. The van der Waals surface area contributed by atoms with Gasteiger partial charge < -0.3 is 5.73 Å². The fourth-order valence-corrected chi connectivity index (χ4v) is 1.87. The van der Waals surface area contributed by atoms with E-state index in [1.165, 1.54) is 0 Å². The number of nitrogens with zero attached hydrogens (tertiary/aromatic N) is 2. The summed E-state index contributed by atoms with van der Waals surface area (Å²) < 4.78 is 1.84. The molecule has 0 saturated heterocycles. The van der Waals surface area contributed by atoms with Crippen LogP contribution in [0.3, 0.4) is 0 Å². The van der Waals surface area contributed by atoms with E-state index >= 15 is 0 Å². The standard InChI is InChI=1S/C13H16ClN3/c1-9(2)12-5-6-17(16-12)13-7-11(14)4-3-10(13)8-15/h3-7,9H,8,15H2,1-2H3. The molecular formula is C13H16ClN3. The Kier molecular flexibility index (Phi) is 3.50. The second kappa shape index (κ2) is 4.90. The van der Waals surface area contributed by atoms with E-state index in [1.54, 1.807) is 0 Å². The van der Waals surface area contributed by atoms with E-state index in [1.807, 2.05) is 35.1 Å². The molecule has 0 bridgehead atoms. The lowest BCUT2D eigenvalue weighted by Gasteiger charge is -2.08. The predicted molar refractivity (Wildman–Crippen MR) is 70.6 cm³/mol. The fourth-order valence-electron chi connectivity index (χ4n) is 1.70. The molecule has 0 amide bonds. The van der Waals surface area contributed by atoms with Crippen molar-refractivity contribution < 1.29 is 0 Å². The van der Waals surface area contributed by atoms with E-state index in [0.717, 1.165) is 16.9 Å². The topological polar surface area (TPSA) is 43.8 Å². The first-order valence-corrected chi connectivity index (χ1v) is 6.04. The minimum Gasteiger partial charge on any atom is -0.326 e. The quantitative estimate of drug-likeness (QED) is 0.908. The summed E-state index contributed by atoms with van der Waals surface area (Å²) in [6, 6.07) is 7.70. The van der Waals surface area contributed by atoms with Crippen molar-refractivity contribution in [2.75, 3.05) is 0 Å². The zero-order valence-electron chi connectivity index (χ0n) is 10.0. The molecule has 0 unspecified atom stereocenters. The highest BCUT2D eigenvalue weighted by Gasteiger charge is 2.08. The first kappa shape index (κ1) is 12.1. The smallest absolute Gasteiger partial charge is 0.0705 e. The van der Waals surface area contributed by atoms with Crippen LogP contribution in [-0.4, -0.2) is 9.78 Å². The lowest BCUT2D eigenvalue weighted by atomic mass is 10.1. The number of rotatable bonds is 3. The van der Waals surface area contributed by atoms with Crippen LogP contribution in [0.25, 0.3) is 5.69 Å². The minimum atomic E-state index is 0.414. The maximum atomic E-state index is 6.01. The third-order valence-electron chi connectivity index (χ3n) is 2.72. The van der Waals surface area contributed by atoms with Crippen LogP contribution in [-0.2, 0) is 6.54 Å². The molecule has 0 radical (unpaired) electrons. The molecule has 0 atom stereocenters. The van der Waals surface area contributed by atoms with Crippen molar-refractivity contribution in [2.24, 2.45) is 5.73 Å². The first-order chi connectivity index (χ1) is 8.11. The van der Waals surface area contributed by atoms with Crippen LogP contribution in [0.4, 0.5) is 0 Å².